The molecule has 0 saturated heterocycles. The quantitative estimate of drug-likeness (QED) is 0.832. The number of amides is 1. The van der Waals surface area contributed by atoms with Crippen LogP contribution in [-0.4, -0.2) is 17.0 Å². The summed E-state index contributed by atoms with van der Waals surface area (Å²) in [5, 5.41) is 12.2. The maximum absolute atomic E-state index is 12.4. The zero-order chi connectivity index (χ0) is 14.7. The largest absolute Gasteiger partial charge is 0.481 e. The maximum atomic E-state index is 12.4. The third-order valence-electron chi connectivity index (χ3n) is 3.75. The Morgan fingerprint density at radius 2 is 1.90 bits per heavy atom. The summed E-state index contributed by atoms with van der Waals surface area (Å²) >= 11 is 0. The number of carbonyl (C=O) groups excluding carboxylic acids is 1. The van der Waals surface area contributed by atoms with Gasteiger partial charge in [-0.1, -0.05) is 36.8 Å². The molecule has 0 bridgehead atoms. The van der Waals surface area contributed by atoms with E-state index in [0.717, 1.165) is 5.57 Å². The van der Waals surface area contributed by atoms with E-state index in [1.165, 1.54) is 0 Å². The van der Waals surface area contributed by atoms with E-state index in [-0.39, 0.29) is 11.8 Å². The molecule has 20 heavy (non-hydrogen) atoms. The topological polar surface area (TPSA) is 66.4 Å². The normalized spacial score (nSPS) is 25.7. The van der Waals surface area contributed by atoms with E-state index in [2.05, 4.69) is 5.32 Å². The minimum Gasteiger partial charge on any atom is -0.481 e. The van der Waals surface area contributed by atoms with Gasteiger partial charge in [-0.2, -0.15) is 0 Å². The van der Waals surface area contributed by atoms with Crippen LogP contribution in [0.3, 0.4) is 0 Å². The molecule has 1 aliphatic carbocycles. The van der Waals surface area contributed by atoms with Crippen LogP contribution in [0.2, 0.25) is 0 Å². The molecule has 2 N–H and O–H groups in total. The highest BCUT2D eigenvalue weighted by atomic mass is 16.4. The van der Waals surface area contributed by atoms with E-state index in [4.69, 9.17) is 0 Å². The minimum absolute atomic E-state index is 0.132. The molecule has 1 aliphatic rings. The summed E-state index contributed by atoms with van der Waals surface area (Å²) in [6.45, 7) is 3.79. The van der Waals surface area contributed by atoms with Crippen LogP contribution >= 0.6 is 0 Å². The van der Waals surface area contributed by atoms with Crippen LogP contribution in [0.1, 0.15) is 20.3 Å². The number of allylic oxidation sites excluding steroid dienone is 2. The van der Waals surface area contributed by atoms with Gasteiger partial charge in [0.25, 0.3) is 0 Å². The number of carbonyl (C=O) groups is 2. The SMILES string of the molecule is CC1=C[C@@H](C)[C@@H](C(=O)O)[C@H](C(=O)Nc2ccccc2)C1. The first-order valence-electron chi connectivity index (χ1n) is 6.75. The summed E-state index contributed by atoms with van der Waals surface area (Å²) in [4.78, 5) is 23.8. The van der Waals surface area contributed by atoms with Crippen LogP contribution < -0.4 is 5.32 Å². The Kier molecular flexibility index (Phi) is 4.23. The summed E-state index contributed by atoms with van der Waals surface area (Å²) in [7, 11) is 0. The highest BCUT2D eigenvalue weighted by Gasteiger charge is 2.39. The number of hydrogen-bond donors (Lipinski definition) is 2. The monoisotopic (exact) mass is 273 g/mol. The van der Waals surface area contributed by atoms with Crippen LogP contribution in [0.5, 0.6) is 0 Å². The molecule has 0 fully saturated rings. The van der Waals surface area contributed by atoms with Gasteiger partial charge in [-0.3, -0.25) is 9.59 Å². The second kappa shape index (κ2) is 5.90. The predicted molar refractivity (Wildman–Crippen MR) is 77.2 cm³/mol. The van der Waals surface area contributed by atoms with Crippen molar-refractivity contribution in [3.8, 4) is 0 Å². The second-order valence-electron chi connectivity index (χ2n) is 5.40. The molecule has 0 aliphatic heterocycles. The van der Waals surface area contributed by atoms with Gasteiger partial charge < -0.3 is 10.4 Å². The van der Waals surface area contributed by atoms with Crippen molar-refractivity contribution in [1.82, 2.24) is 0 Å². The van der Waals surface area contributed by atoms with E-state index < -0.39 is 17.8 Å². The lowest BCUT2D eigenvalue weighted by molar-refractivity contribution is -0.148. The highest BCUT2D eigenvalue weighted by molar-refractivity contribution is 5.95. The lowest BCUT2D eigenvalue weighted by Crippen LogP contribution is -2.39. The second-order valence-corrected chi connectivity index (χ2v) is 5.40. The van der Waals surface area contributed by atoms with Crippen LogP contribution in [0.25, 0.3) is 0 Å². The Morgan fingerprint density at radius 3 is 2.50 bits per heavy atom. The van der Waals surface area contributed by atoms with Crippen LogP contribution in [0.15, 0.2) is 42.0 Å². The lowest BCUT2D eigenvalue weighted by atomic mass is 9.73. The van der Waals surface area contributed by atoms with Gasteiger partial charge in [0.2, 0.25) is 5.91 Å². The molecule has 1 aromatic carbocycles. The van der Waals surface area contributed by atoms with Crippen molar-refractivity contribution in [2.24, 2.45) is 17.8 Å². The van der Waals surface area contributed by atoms with Gasteiger partial charge in [0.15, 0.2) is 0 Å². The molecule has 0 unspecified atom stereocenters. The van der Waals surface area contributed by atoms with Crippen LogP contribution in [-0.2, 0) is 9.59 Å². The van der Waals surface area contributed by atoms with Crippen LogP contribution in [0.4, 0.5) is 5.69 Å². The molecule has 3 atom stereocenters. The number of para-hydroxylation sites is 1. The van der Waals surface area contributed by atoms with Gasteiger partial charge in [0, 0.05) is 5.69 Å². The predicted octanol–water partition coefficient (Wildman–Crippen LogP) is 2.93. The fourth-order valence-corrected chi connectivity index (χ4v) is 2.87. The minimum atomic E-state index is -0.908. The Bertz CT molecular complexity index is 536. The molecule has 0 aromatic heterocycles. The molecule has 1 amide bonds. The maximum Gasteiger partial charge on any atom is 0.307 e. The Morgan fingerprint density at radius 1 is 1.25 bits per heavy atom. The van der Waals surface area contributed by atoms with Crippen molar-refractivity contribution >= 4 is 17.6 Å². The lowest BCUT2D eigenvalue weighted by Gasteiger charge is -2.31. The number of carboxylic acid groups (broad SMARTS) is 1. The number of nitrogens with one attached hydrogen (secondary N) is 1. The molecule has 0 heterocycles. The summed E-state index contributed by atoms with van der Waals surface area (Å²) in [6, 6.07) is 9.12. The first-order chi connectivity index (χ1) is 9.49. The number of benzene rings is 1. The Balaban J connectivity index is 2.18. The van der Waals surface area contributed by atoms with Crippen LogP contribution in [0, 0.1) is 17.8 Å². The third-order valence-corrected chi connectivity index (χ3v) is 3.75. The number of carboxylic acids is 1. The van der Waals surface area contributed by atoms with Gasteiger partial charge in [0.1, 0.15) is 0 Å². The fourth-order valence-electron chi connectivity index (χ4n) is 2.87. The first kappa shape index (κ1) is 14.3. The molecule has 4 heteroatoms. The molecule has 106 valence electrons. The zero-order valence-electron chi connectivity index (χ0n) is 11.7. The molecule has 0 saturated carbocycles. The van der Waals surface area contributed by atoms with Crippen molar-refractivity contribution in [2.75, 3.05) is 5.32 Å². The number of hydrogen-bond acceptors (Lipinski definition) is 2. The average Bonchev–Trinajstić information content (AvgIpc) is 2.38. The Labute approximate surface area is 118 Å². The molecule has 4 nitrogen and oxygen atoms in total. The summed E-state index contributed by atoms with van der Waals surface area (Å²) in [5.74, 6) is -2.44. The van der Waals surface area contributed by atoms with E-state index in [1.807, 2.05) is 38.1 Å². The average molecular weight is 273 g/mol. The first-order valence-corrected chi connectivity index (χ1v) is 6.75. The summed E-state index contributed by atoms with van der Waals surface area (Å²) < 4.78 is 0. The van der Waals surface area contributed by atoms with Gasteiger partial charge >= 0.3 is 5.97 Å². The number of rotatable bonds is 3. The third kappa shape index (κ3) is 3.07. The highest BCUT2D eigenvalue weighted by Crippen LogP contribution is 2.34. The zero-order valence-corrected chi connectivity index (χ0v) is 11.7. The van der Waals surface area contributed by atoms with Crippen molar-refractivity contribution in [3.63, 3.8) is 0 Å². The van der Waals surface area contributed by atoms with E-state index in [1.54, 1.807) is 12.1 Å². The smallest absolute Gasteiger partial charge is 0.307 e. The molecule has 1 aromatic rings. The fraction of sp³-hybridized carbons (Fsp3) is 0.375. The molecule has 0 radical (unpaired) electrons. The summed E-state index contributed by atoms with van der Waals surface area (Å²) in [6.07, 6.45) is 2.45. The number of anilines is 1. The summed E-state index contributed by atoms with van der Waals surface area (Å²) in [5.41, 5.74) is 1.77. The van der Waals surface area contributed by atoms with Crippen molar-refractivity contribution < 1.29 is 14.7 Å². The Hall–Kier alpha value is -2.10. The van der Waals surface area contributed by atoms with Crippen molar-refractivity contribution in [1.29, 1.82) is 0 Å². The molecule has 0 spiro atoms. The molecular weight excluding hydrogens is 254 g/mol. The van der Waals surface area contributed by atoms with E-state index in [9.17, 15) is 14.7 Å². The molecular formula is C16H19NO3. The van der Waals surface area contributed by atoms with Gasteiger partial charge in [0.05, 0.1) is 11.8 Å². The standard InChI is InChI=1S/C16H19NO3/c1-10-8-11(2)14(16(19)20)13(9-10)15(18)17-12-6-4-3-5-7-12/h3-8,11,13-14H,9H2,1-2H3,(H,17,18)(H,19,20)/t11-,13-,14-/m1/s1. The van der Waals surface area contributed by atoms with E-state index >= 15 is 0 Å². The van der Waals surface area contributed by atoms with Crippen molar-refractivity contribution in [2.45, 2.75) is 20.3 Å². The van der Waals surface area contributed by atoms with Crippen molar-refractivity contribution in [3.05, 3.63) is 42.0 Å². The number of aliphatic carboxylic acids is 1. The van der Waals surface area contributed by atoms with E-state index in [0.29, 0.717) is 12.1 Å². The van der Waals surface area contributed by atoms with Gasteiger partial charge in [-0.15, -0.1) is 0 Å². The molecule has 2 rings (SSSR count). The van der Waals surface area contributed by atoms with Gasteiger partial charge in [-0.05, 0) is 31.4 Å². The van der Waals surface area contributed by atoms with Gasteiger partial charge in [-0.25, -0.2) is 0 Å².